The second-order valence-corrected chi connectivity index (χ2v) is 19.4. The maximum atomic E-state index is 3.28. The van der Waals surface area contributed by atoms with Crippen LogP contribution in [0.15, 0.2) is 12.2 Å². The Morgan fingerprint density at radius 1 is 0.277 bits per heavy atom. The first-order chi connectivity index (χ1) is 23.3. The van der Waals surface area contributed by atoms with Crippen molar-refractivity contribution in [2.75, 3.05) is 0 Å². The van der Waals surface area contributed by atoms with Gasteiger partial charge in [0.25, 0.3) is 0 Å². The Balaban J connectivity index is 0.937. The molecule has 0 aliphatic heterocycles. The van der Waals surface area contributed by atoms with E-state index in [1.807, 2.05) is 0 Å². The zero-order valence-corrected chi connectivity index (χ0v) is 31.0. The van der Waals surface area contributed by atoms with Gasteiger partial charge in [0.05, 0.1) is 0 Å². The molecular weight excluding hydrogens is 567 g/mol. The first-order valence-electron chi connectivity index (χ1n) is 22.8. The summed E-state index contributed by atoms with van der Waals surface area (Å²) < 4.78 is 0. The average molecular weight is 644 g/mol. The summed E-state index contributed by atoms with van der Waals surface area (Å²) in [6.07, 6.45) is 53.1. The van der Waals surface area contributed by atoms with Crippen LogP contribution in [0.2, 0.25) is 0 Å². The van der Waals surface area contributed by atoms with Crippen LogP contribution in [0.25, 0.3) is 0 Å². The summed E-state index contributed by atoms with van der Waals surface area (Å²) in [5.74, 6) is 10.7. The molecule has 4 atom stereocenters. The van der Waals surface area contributed by atoms with E-state index in [0.717, 1.165) is 77.3 Å². The lowest BCUT2D eigenvalue weighted by molar-refractivity contribution is -0.115. The van der Waals surface area contributed by atoms with E-state index in [-0.39, 0.29) is 0 Å². The number of nitrogens with zero attached hydrogens (tertiary/aromatic N) is 1. The van der Waals surface area contributed by atoms with Gasteiger partial charge in [0.2, 0.25) is 0 Å². The Morgan fingerprint density at radius 3 is 1.11 bits per heavy atom. The summed E-state index contributed by atoms with van der Waals surface area (Å²) >= 11 is 0. The van der Waals surface area contributed by atoms with Gasteiger partial charge in [0, 0.05) is 18.1 Å². The van der Waals surface area contributed by atoms with E-state index in [4.69, 9.17) is 0 Å². The molecule has 266 valence electrons. The Kier molecular flexibility index (Phi) is 11.8. The van der Waals surface area contributed by atoms with Crippen LogP contribution in [0, 0.1) is 59.2 Å². The molecule has 8 aliphatic carbocycles. The minimum Gasteiger partial charge on any atom is -0.294 e. The molecule has 47 heavy (non-hydrogen) atoms. The molecule has 0 aromatic heterocycles. The predicted molar refractivity (Wildman–Crippen MR) is 200 cm³/mol. The van der Waals surface area contributed by atoms with Crippen molar-refractivity contribution in [2.24, 2.45) is 59.2 Å². The number of hydrogen-bond donors (Lipinski definition) is 0. The highest BCUT2D eigenvalue weighted by Crippen LogP contribution is 2.62. The molecule has 8 fully saturated rings. The maximum absolute atomic E-state index is 3.28. The fraction of sp³-hybridized carbons (Fsp3) is 0.957. The molecule has 0 saturated heterocycles. The summed E-state index contributed by atoms with van der Waals surface area (Å²) in [7, 11) is 0. The lowest BCUT2D eigenvalue weighted by atomic mass is 9.45. The normalized spacial score (nSPS) is 43.5. The minimum atomic E-state index is 0.882. The van der Waals surface area contributed by atoms with Gasteiger partial charge in [-0.2, -0.15) is 0 Å². The topological polar surface area (TPSA) is 3.24 Å². The molecule has 8 rings (SSSR count). The predicted octanol–water partition coefficient (Wildman–Crippen LogP) is 13.3. The van der Waals surface area contributed by atoms with Crippen molar-refractivity contribution in [1.82, 2.24) is 4.90 Å². The molecule has 4 unspecified atom stereocenters. The summed E-state index contributed by atoms with van der Waals surface area (Å²) in [5.41, 5.74) is 0. The first-order valence-corrected chi connectivity index (χ1v) is 22.8. The zero-order valence-electron chi connectivity index (χ0n) is 31.0. The molecule has 0 amide bonds. The summed E-state index contributed by atoms with van der Waals surface area (Å²) in [6.45, 7) is 0. The van der Waals surface area contributed by atoms with Crippen molar-refractivity contribution in [3.05, 3.63) is 12.2 Å². The molecule has 0 heterocycles. The van der Waals surface area contributed by atoms with Gasteiger partial charge in [-0.15, -0.1) is 0 Å². The molecule has 0 N–H and O–H groups in total. The SMILES string of the molecule is C(=CC1CCC(N(C2CCCCC2)C2CCC(C3C4CCCCC4C(C4CCCCC4)C4CCCCC43)CC2)CC1)C1CCCCC1. The molecule has 0 aromatic carbocycles. The zero-order chi connectivity index (χ0) is 31.4. The largest absolute Gasteiger partial charge is 0.294 e. The van der Waals surface area contributed by atoms with Crippen molar-refractivity contribution in [2.45, 2.75) is 217 Å². The van der Waals surface area contributed by atoms with E-state index in [1.54, 1.807) is 103 Å². The Morgan fingerprint density at radius 2 is 0.617 bits per heavy atom. The molecule has 1 heteroatoms. The van der Waals surface area contributed by atoms with Crippen molar-refractivity contribution in [3.8, 4) is 0 Å². The summed E-state index contributed by atoms with van der Waals surface area (Å²) in [5, 5.41) is 0. The Hall–Kier alpha value is -0.300. The molecule has 1 nitrogen and oxygen atoms in total. The van der Waals surface area contributed by atoms with Gasteiger partial charge in [-0.1, -0.05) is 108 Å². The molecular formula is C46H77N. The van der Waals surface area contributed by atoms with E-state index in [2.05, 4.69) is 17.1 Å². The highest BCUT2D eigenvalue weighted by molar-refractivity contribution is 5.05. The van der Waals surface area contributed by atoms with Gasteiger partial charge < -0.3 is 0 Å². The standard InChI is InChI=1S/C46H77N/c1-4-14-34(15-5-1)24-25-35-26-30-39(31-27-35)47(38-18-8-3-9-19-38)40-32-28-37(29-33-40)46-43-22-12-10-20-41(43)45(36-16-6-2-7-17-36)42-21-11-13-23-44(42)46/h24-25,34-46H,1-23,26-33H2. The molecule has 0 spiro atoms. The second kappa shape index (κ2) is 16.4. The fourth-order valence-corrected chi connectivity index (χ4v) is 15.1. The van der Waals surface area contributed by atoms with Gasteiger partial charge in [-0.3, -0.25) is 4.90 Å². The smallest absolute Gasteiger partial charge is 0.0102 e. The van der Waals surface area contributed by atoms with E-state index in [0.29, 0.717) is 0 Å². The van der Waals surface area contributed by atoms with E-state index < -0.39 is 0 Å². The van der Waals surface area contributed by atoms with Gasteiger partial charge >= 0.3 is 0 Å². The number of allylic oxidation sites excluding steroid dienone is 2. The third-order valence-corrected chi connectivity index (χ3v) is 17.1. The second-order valence-electron chi connectivity index (χ2n) is 19.4. The average Bonchev–Trinajstić information content (AvgIpc) is 3.15. The summed E-state index contributed by atoms with van der Waals surface area (Å²) in [4.78, 5) is 3.28. The van der Waals surface area contributed by atoms with Crippen LogP contribution in [0.4, 0.5) is 0 Å². The molecule has 8 saturated carbocycles. The van der Waals surface area contributed by atoms with Crippen LogP contribution in [0.5, 0.6) is 0 Å². The van der Waals surface area contributed by atoms with Gasteiger partial charge in [-0.05, 0) is 162 Å². The highest BCUT2D eigenvalue weighted by atomic mass is 15.2. The van der Waals surface area contributed by atoms with Crippen LogP contribution in [-0.4, -0.2) is 23.0 Å². The molecule has 0 radical (unpaired) electrons. The van der Waals surface area contributed by atoms with E-state index >= 15 is 0 Å². The molecule has 0 aromatic rings. The number of rotatable bonds is 7. The maximum Gasteiger partial charge on any atom is 0.0102 e. The van der Waals surface area contributed by atoms with Crippen molar-refractivity contribution in [1.29, 1.82) is 0 Å². The quantitative estimate of drug-likeness (QED) is 0.250. The van der Waals surface area contributed by atoms with Gasteiger partial charge in [0.1, 0.15) is 0 Å². The van der Waals surface area contributed by atoms with Gasteiger partial charge in [0.15, 0.2) is 0 Å². The third kappa shape index (κ3) is 7.67. The Labute approximate surface area is 292 Å². The highest BCUT2D eigenvalue weighted by Gasteiger charge is 2.55. The lowest BCUT2D eigenvalue weighted by Gasteiger charge is -2.60. The summed E-state index contributed by atoms with van der Waals surface area (Å²) in [6, 6.07) is 2.73. The molecule has 8 aliphatic rings. The van der Waals surface area contributed by atoms with Crippen LogP contribution >= 0.6 is 0 Å². The Bertz CT molecular complexity index is 926. The number of hydrogen-bond acceptors (Lipinski definition) is 1. The fourth-order valence-electron chi connectivity index (χ4n) is 15.1. The van der Waals surface area contributed by atoms with Gasteiger partial charge in [-0.25, -0.2) is 0 Å². The van der Waals surface area contributed by atoms with E-state index in [1.165, 1.54) is 96.3 Å². The molecule has 0 bridgehead atoms. The monoisotopic (exact) mass is 644 g/mol. The van der Waals surface area contributed by atoms with Crippen molar-refractivity contribution >= 4 is 0 Å². The van der Waals surface area contributed by atoms with Crippen LogP contribution in [-0.2, 0) is 0 Å². The number of fused-ring (bicyclic) bond motifs is 2. The minimum absolute atomic E-state index is 0.882. The lowest BCUT2D eigenvalue weighted by Crippen LogP contribution is -2.55. The van der Waals surface area contributed by atoms with E-state index in [9.17, 15) is 0 Å². The van der Waals surface area contributed by atoms with Crippen LogP contribution < -0.4 is 0 Å². The van der Waals surface area contributed by atoms with Crippen LogP contribution in [0.1, 0.15) is 199 Å². The van der Waals surface area contributed by atoms with Crippen molar-refractivity contribution < 1.29 is 0 Å². The third-order valence-electron chi connectivity index (χ3n) is 17.1. The van der Waals surface area contributed by atoms with Crippen LogP contribution in [0.3, 0.4) is 0 Å². The van der Waals surface area contributed by atoms with Crippen molar-refractivity contribution in [3.63, 3.8) is 0 Å². The first kappa shape index (κ1) is 33.8.